The Hall–Kier alpha value is -0.840. The van der Waals surface area contributed by atoms with Crippen LogP contribution >= 0.6 is 34.5 Å². The molecule has 1 heterocycles. The average molecular weight is 263 g/mol. The number of anilines is 1. The lowest BCUT2D eigenvalue weighted by Gasteiger charge is -1.99. The van der Waals surface area contributed by atoms with Crippen LogP contribution < -0.4 is 5.73 Å². The van der Waals surface area contributed by atoms with Crippen LogP contribution in [0.2, 0.25) is 9.36 Å². The largest absolute Gasteiger partial charge is 0.375 e. The molecule has 0 bridgehead atoms. The molecule has 2 aromatic rings. The van der Waals surface area contributed by atoms with Gasteiger partial charge in [-0.15, -0.1) is 0 Å². The van der Waals surface area contributed by atoms with Gasteiger partial charge in [0.15, 0.2) is 5.13 Å². The standard InChI is InChI=1S/C9H5Cl2FN2S/c10-5-2-1-4(3-6(5)12)7-8(11)15-9(13)14-7/h1-3H,(H2,13,14). The SMILES string of the molecule is Nc1nc(-c2ccc(Cl)c(F)c2)c(Cl)s1. The zero-order valence-electron chi connectivity index (χ0n) is 7.30. The number of nitrogens with zero attached hydrogens (tertiary/aromatic N) is 1. The number of hydrogen-bond acceptors (Lipinski definition) is 3. The van der Waals surface area contributed by atoms with E-state index in [0.29, 0.717) is 20.7 Å². The van der Waals surface area contributed by atoms with Crippen molar-refractivity contribution >= 4 is 39.7 Å². The molecule has 1 aromatic heterocycles. The summed E-state index contributed by atoms with van der Waals surface area (Å²) in [6, 6.07) is 4.38. The lowest BCUT2D eigenvalue weighted by Crippen LogP contribution is -1.85. The van der Waals surface area contributed by atoms with Gasteiger partial charge in [-0.3, -0.25) is 0 Å². The molecule has 0 spiro atoms. The van der Waals surface area contributed by atoms with E-state index in [9.17, 15) is 4.39 Å². The fourth-order valence-corrected chi connectivity index (χ4v) is 2.23. The molecule has 78 valence electrons. The summed E-state index contributed by atoms with van der Waals surface area (Å²) in [6.45, 7) is 0. The van der Waals surface area contributed by atoms with Gasteiger partial charge >= 0.3 is 0 Å². The number of rotatable bonds is 1. The Bertz CT molecular complexity index is 513. The van der Waals surface area contributed by atoms with Crippen molar-refractivity contribution in [2.75, 3.05) is 5.73 Å². The maximum atomic E-state index is 13.2. The number of nitrogens with two attached hydrogens (primary N) is 1. The van der Waals surface area contributed by atoms with Gasteiger partial charge in [0.05, 0.1) is 5.02 Å². The van der Waals surface area contributed by atoms with Crippen LogP contribution in [0.1, 0.15) is 0 Å². The first kappa shape index (κ1) is 10.7. The second-order valence-electron chi connectivity index (χ2n) is 2.80. The van der Waals surface area contributed by atoms with Crippen molar-refractivity contribution < 1.29 is 4.39 Å². The first-order valence-corrected chi connectivity index (χ1v) is 5.52. The summed E-state index contributed by atoms with van der Waals surface area (Å²) < 4.78 is 13.6. The van der Waals surface area contributed by atoms with Gasteiger partial charge < -0.3 is 5.73 Å². The fraction of sp³-hybridized carbons (Fsp3) is 0. The molecule has 2 rings (SSSR count). The number of benzene rings is 1. The highest BCUT2D eigenvalue weighted by molar-refractivity contribution is 7.19. The third-order valence-electron chi connectivity index (χ3n) is 1.80. The molecule has 2 nitrogen and oxygen atoms in total. The van der Waals surface area contributed by atoms with E-state index >= 15 is 0 Å². The molecular formula is C9H5Cl2FN2S. The number of thiazole rings is 1. The van der Waals surface area contributed by atoms with E-state index in [1.807, 2.05) is 0 Å². The molecule has 0 saturated carbocycles. The van der Waals surface area contributed by atoms with Crippen LogP contribution in [0.4, 0.5) is 9.52 Å². The van der Waals surface area contributed by atoms with Crippen LogP contribution in [0, 0.1) is 5.82 Å². The highest BCUT2D eigenvalue weighted by Gasteiger charge is 2.11. The Morgan fingerprint density at radius 1 is 1.33 bits per heavy atom. The quantitative estimate of drug-likeness (QED) is 0.848. The van der Waals surface area contributed by atoms with Crippen LogP contribution in [-0.2, 0) is 0 Å². The molecule has 0 unspecified atom stereocenters. The smallest absolute Gasteiger partial charge is 0.182 e. The third kappa shape index (κ3) is 2.07. The molecule has 0 fully saturated rings. The Labute approximate surface area is 99.5 Å². The van der Waals surface area contributed by atoms with Gasteiger partial charge in [0, 0.05) is 5.56 Å². The Morgan fingerprint density at radius 3 is 2.60 bits per heavy atom. The van der Waals surface area contributed by atoms with Crippen molar-refractivity contribution in [3.63, 3.8) is 0 Å². The van der Waals surface area contributed by atoms with E-state index in [1.54, 1.807) is 6.07 Å². The minimum absolute atomic E-state index is 0.0677. The molecule has 2 N–H and O–H groups in total. The first-order valence-electron chi connectivity index (χ1n) is 3.95. The Kier molecular flexibility index (Phi) is 2.82. The highest BCUT2D eigenvalue weighted by Crippen LogP contribution is 2.34. The van der Waals surface area contributed by atoms with Crippen molar-refractivity contribution in [3.8, 4) is 11.3 Å². The van der Waals surface area contributed by atoms with Crippen LogP contribution in [0.5, 0.6) is 0 Å². The predicted molar refractivity (Wildman–Crippen MR) is 61.9 cm³/mol. The highest BCUT2D eigenvalue weighted by atomic mass is 35.5. The number of halogens is 3. The number of hydrogen-bond donors (Lipinski definition) is 1. The van der Waals surface area contributed by atoms with Crippen LogP contribution in [0.25, 0.3) is 11.3 Å². The zero-order chi connectivity index (χ0) is 11.0. The van der Waals surface area contributed by atoms with Crippen molar-refractivity contribution in [2.24, 2.45) is 0 Å². The van der Waals surface area contributed by atoms with Crippen molar-refractivity contribution in [1.29, 1.82) is 0 Å². The van der Waals surface area contributed by atoms with Gasteiger partial charge in [-0.2, -0.15) is 0 Å². The summed E-state index contributed by atoms with van der Waals surface area (Å²) in [5, 5.41) is 0.420. The van der Waals surface area contributed by atoms with Crippen LogP contribution in [0.15, 0.2) is 18.2 Å². The topological polar surface area (TPSA) is 38.9 Å². The Morgan fingerprint density at radius 2 is 2.07 bits per heavy atom. The summed E-state index contributed by atoms with van der Waals surface area (Å²) >= 11 is 12.6. The van der Waals surface area contributed by atoms with Crippen molar-refractivity contribution in [1.82, 2.24) is 4.98 Å². The first-order chi connectivity index (χ1) is 7.08. The van der Waals surface area contributed by atoms with Crippen molar-refractivity contribution in [2.45, 2.75) is 0 Å². The normalized spacial score (nSPS) is 10.6. The molecule has 0 amide bonds. The maximum absolute atomic E-state index is 13.2. The van der Waals surface area contributed by atoms with Gasteiger partial charge in [-0.05, 0) is 12.1 Å². The van der Waals surface area contributed by atoms with Crippen LogP contribution in [0.3, 0.4) is 0 Å². The monoisotopic (exact) mass is 262 g/mol. The van der Waals surface area contributed by atoms with Gasteiger partial charge in [-0.1, -0.05) is 40.6 Å². The summed E-state index contributed by atoms with van der Waals surface area (Å²) in [7, 11) is 0. The summed E-state index contributed by atoms with van der Waals surface area (Å²) in [5.41, 5.74) is 6.53. The zero-order valence-corrected chi connectivity index (χ0v) is 9.63. The van der Waals surface area contributed by atoms with Gasteiger partial charge in [-0.25, -0.2) is 9.37 Å². The minimum atomic E-state index is -0.503. The number of nitrogen functional groups attached to an aromatic ring is 1. The molecule has 0 saturated heterocycles. The van der Waals surface area contributed by atoms with Gasteiger partial charge in [0.1, 0.15) is 15.8 Å². The molecule has 6 heteroatoms. The van der Waals surface area contributed by atoms with E-state index in [0.717, 1.165) is 11.3 Å². The van der Waals surface area contributed by atoms with Gasteiger partial charge in [0.2, 0.25) is 0 Å². The summed E-state index contributed by atoms with van der Waals surface area (Å²) in [6.07, 6.45) is 0. The molecule has 0 aliphatic rings. The van der Waals surface area contributed by atoms with E-state index in [-0.39, 0.29) is 5.02 Å². The summed E-state index contributed by atoms with van der Waals surface area (Å²) in [5.74, 6) is -0.503. The third-order valence-corrected chi connectivity index (χ3v) is 3.19. The maximum Gasteiger partial charge on any atom is 0.182 e. The molecule has 0 aliphatic heterocycles. The molecule has 1 aromatic carbocycles. The van der Waals surface area contributed by atoms with Crippen LogP contribution in [-0.4, -0.2) is 4.98 Å². The minimum Gasteiger partial charge on any atom is -0.375 e. The molecule has 0 aliphatic carbocycles. The second kappa shape index (κ2) is 3.96. The average Bonchev–Trinajstić information content (AvgIpc) is 2.50. The lowest BCUT2D eigenvalue weighted by atomic mass is 10.2. The molecule has 15 heavy (non-hydrogen) atoms. The fourth-order valence-electron chi connectivity index (χ4n) is 1.14. The second-order valence-corrected chi connectivity index (χ2v) is 4.84. The van der Waals surface area contributed by atoms with E-state index in [2.05, 4.69) is 4.98 Å². The Balaban J connectivity index is 2.54. The number of aromatic nitrogens is 1. The molecule has 0 atom stereocenters. The van der Waals surface area contributed by atoms with E-state index < -0.39 is 5.82 Å². The van der Waals surface area contributed by atoms with Crippen molar-refractivity contribution in [3.05, 3.63) is 33.4 Å². The van der Waals surface area contributed by atoms with E-state index in [1.165, 1.54) is 12.1 Å². The van der Waals surface area contributed by atoms with E-state index in [4.69, 9.17) is 28.9 Å². The molecule has 0 radical (unpaired) electrons. The molecular weight excluding hydrogens is 258 g/mol. The summed E-state index contributed by atoms with van der Waals surface area (Å²) in [4.78, 5) is 4.01. The predicted octanol–water partition coefficient (Wildman–Crippen LogP) is 3.84. The lowest BCUT2D eigenvalue weighted by molar-refractivity contribution is 0.628. The van der Waals surface area contributed by atoms with Gasteiger partial charge in [0.25, 0.3) is 0 Å².